The Labute approximate surface area is 119 Å². The summed E-state index contributed by atoms with van der Waals surface area (Å²) in [6.07, 6.45) is 3.41. The predicted octanol–water partition coefficient (Wildman–Crippen LogP) is 4.33. The molecule has 1 N–H and O–H groups in total. The number of hydrogen-bond donors (Lipinski definition) is 1. The average molecular weight is 275 g/mol. The van der Waals surface area contributed by atoms with E-state index in [1.54, 1.807) is 6.92 Å². The third kappa shape index (κ3) is 2.59. The summed E-state index contributed by atoms with van der Waals surface area (Å²) in [5, 5.41) is 4.40. The van der Waals surface area contributed by atoms with Crippen LogP contribution in [0.1, 0.15) is 43.6 Å². The van der Waals surface area contributed by atoms with Crippen molar-refractivity contribution in [2.45, 2.75) is 52.6 Å². The SMILES string of the molecule is Cc1ccc2c(CC(C)C)c(CNC3CC3)oc2c1F. The highest BCUT2D eigenvalue weighted by molar-refractivity contribution is 5.83. The maximum atomic E-state index is 14.2. The lowest BCUT2D eigenvalue weighted by atomic mass is 9.99. The Morgan fingerprint density at radius 3 is 2.75 bits per heavy atom. The van der Waals surface area contributed by atoms with Crippen LogP contribution in [-0.4, -0.2) is 6.04 Å². The van der Waals surface area contributed by atoms with Gasteiger partial charge in [-0.1, -0.05) is 26.0 Å². The van der Waals surface area contributed by atoms with Gasteiger partial charge >= 0.3 is 0 Å². The van der Waals surface area contributed by atoms with Gasteiger partial charge in [0.05, 0.1) is 6.54 Å². The molecular weight excluding hydrogens is 253 g/mol. The zero-order chi connectivity index (χ0) is 14.3. The minimum Gasteiger partial charge on any atom is -0.456 e. The number of rotatable bonds is 5. The predicted molar refractivity (Wildman–Crippen MR) is 79.3 cm³/mol. The molecule has 1 aliphatic rings. The van der Waals surface area contributed by atoms with Crippen LogP contribution in [0.5, 0.6) is 0 Å². The quantitative estimate of drug-likeness (QED) is 0.878. The van der Waals surface area contributed by atoms with Gasteiger partial charge in [-0.3, -0.25) is 0 Å². The summed E-state index contributed by atoms with van der Waals surface area (Å²) in [6.45, 7) is 6.85. The average Bonchev–Trinajstić information content (AvgIpc) is 3.16. The van der Waals surface area contributed by atoms with E-state index in [1.807, 2.05) is 12.1 Å². The van der Waals surface area contributed by atoms with Crippen LogP contribution in [0, 0.1) is 18.7 Å². The third-order valence-corrected chi connectivity index (χ3v) is 3.92. The molecule has 0 radical (unpaired) electrons. The van der Waals surface area contributed by atoms with Gasteiger partial charge in [-0.15, -0.1) is 0 Å². The Morgan fingerprint density at radius 2 is 2.10 bits per heavy atom. The van der Waals surface area contributed by atoms with Gasteiger partial charge in [0.1, 0.15) is 5.76 Å². The Hall–Kier alpha value is -1.35. The minimum absolute atomic E-state index is 0.217. The molecule has 1 aromatic heterocycles. The normalized spacial score (nSPS) is 15.4. The topological polar surface area (TPSA) is 25.2 Å². The highest BCUT2D eigenvalue weighted by Crippen LogP contribution is 2.32. The van der Waals surface area contributed by atoms with E-state index in [0.717, 1.165) is 17.6 Å². The second-order valence-electron chi connectivity index (χ2n) is 6.33. The molecule has 0 unspecified atom stereocenters. The number of halogens is 1. The summed E-state index contributed by atoms with van der Waals surface area (Å²) in [5.41, 5.74) is 2.24. The van der Waals surface area contributed by atoms with E-state index < -0.39 is 0 Å². The van der Waals surface area contributed by atoms with Gasteiger partial charge in [-0.25, -0.2) is 4.39 Å². The van der Waals surface area contributed by atoms with Crippen molar-refractivity contribution in [3.8, 4) is 0 Å². The van der Waals surface area contributed by atoms with E-state index in [4.69, 9.17) is 4.42 Å². The van der Waals surface area contributed by atoms with Gasteiger partial charge in [0.25, 0.3) is 0 Å². The van der Waals surface area contributed by atoms with Crippen molar-refractivity contribution in [2.75, 3.05) is 0 Å². The Balaban J connectivity index is 2.02. The van der Waals surface area contributed by atoms with Crippen LogP contribution in [0.4, 0.5) is 4.39 Å². The van der Waals surface area contributed by atoms with Crippen LogP contribution in [0.25, 0.3) is 11.0 Å². The fourth-order valence-corrected chi connectivity index (χ4v) is 2.63. The molecule has 3 heteroatoms. The van der Waals surface area contributed by atoms with Gasteiger partial charge in [-0.2, -0.15) is 0 Å². The maximum Gasteiger partial charge on any atom is 0.170 e. The highest BCUT2D eigenvalue weighted by Gasteiger charge is 2.23. The monoisotopic (exact) mass is 275 g/mol. The van der Waals surface area contributed by atoms with Crippen molar-refractivity contribution < 1.29 is 8.81 Å². The molecule has 1 aromatic carbocycles. The largest absolute Gasteiger partial charge is 0.456 e. The molecule has 20 heavy (non-hydrogen) atoms. The molecule has 108 valence electrons. The molecule has 1 aliphatic carbocycles. The van der Waals surface area contributed by atoms with Crippen molar-refractivity contribution >= 4 is 11.0 Å². The molecule has 0 saturated heterocycles. The molecule has 0 bridgehead atoms. The molecule has 0 amide bonds. The van der Waals surface area contributed by atoms with Crippen LogP contribution in [-0.2, 0) is 13.0 Å². The molecule has 2 nitrogen and oxygen atoms in total. The molecule has 1 fully saturated rings. The lowest BCUT2D eigenvalue weighted by molar-refractivity contribution is 0.483. The Kier molecular flexibility index (Phi) is 3.55. The molecule has 0 aliphatic heterocycles. The maximum absolute atomic E-state index is 14.2. The van der Waals surface area contributed by atoms with E-state index in [9.17, 15) is 4.39 Å². The highest BCUT2D eigenvalue weighted by atomic mass is 19.1. The first-order chi connectivity index (χ1) is 9.56. The Morgan fingerprint density at radius 1 is 1.35 bits per heavy atom. The minimum atomic E-state index is -0.217. The van der Waals surface area contributed by atoms with E-state index in [0.29, 0.717) is 29.7 Å². The van der Waals surface area contributed by atoms with Crippen LogP contribution in [0.15, 0.2) is 16.5 Å². The van der Waals surface area contributed by atoms with Gasteiger partial charge < -0.3 is 9.73 Å². The molecule has 1 saturated carbocycles. The summed E-state index contributed by atoms with van der Waals surface area (Å²) in [7, 11) is 0. The first-order valence-corrected chi connectivity index (χ1v) is 7.49. The van der Waals surface area contributed by atoms with Crippen molar-refractivity contribution in [1.29, 1.82) is 0 Å². The lowest BCUT2D eigenvalue weighted by Crippen LogP contribution is -2.16. The van der Waals surface area contributed by atoms with Crippen LogP contribution in [0.2, 0.25) is 0 Å². The van der Waals surface area contributed by atoms with Gasteiger partial charge in [-0.05, 0) is 37.7 Å². The van der Waals surface area contributed by atoms with Crippen LogP contribution in [0.3, 0.4) is 0 Å². The smallest absolute Gasteiger partial charge is 0.170 e. The number of fused-ring (bicyclic) bond motifs is 1. The number of benzene rings is 1. The van der Waals surface area contributed by atoms with E-state index in [2.05, 4.69) is 19.2 Å². The van der Waals surface area contributed by atoms with E-state index >= 15 is 0 Å². The zero-order valence-corrected chi connectivity index (χ0v) is 12.4. The van der Waals surface area contributed by atoms with Crippen LogP contribution < -0.4 is 5.32 Å². The zero-order valence-electron chi connectivity index (χ0n) is 12.4. The van der Waals surface area contributed by atoms with E-state index in [-0.39, 0.29) is 5.82 Å². The van der Waals surface area contributed by atoms with Crippen molar-refractivity contribution in [2.24, 2.45) is 5.92 Å². The number of aryl methyl sites for hydroxylation is 1. The van der Waals surface area contributed by atoms with Crippen molar-refractivity contribution in [3.63, 3.8) is 0 Å². The molecule has 0 spiro atoms. The third-order valence-electron chi connectivity index (χ3n) is 3.92. The number of furan rings is 1. The van der Waals surface area contributed by atoms with Gasteiger partial charge in [0.2, 0.25) is 0 Å². The fourth-order valence-electron chi connectivity index (χ4n) is 2.63. The molecule has 3 rings (SSSR count). The van der Waals surface area contributed by atoms with Crippen LogP contribution >= 0.6 is 0 Å². The lowest BCUT2D eigenvalue weighted by Gasteiger charge is -2.07. The molecule has 0 atom stereocenters. The number of nitrogens with one attached hydrogen (secondary N) is 1. The Bertz CT molecular complexity index is 625. The van der Waals surface area contributed by atoms with Crippen molar-refractivity contribution in [3.05, 3.63) is 34.8 Å². The number of hydrogen-bond acceptors (Lipinski definition) is 2. The second-order valence-corrected chi connectivity index (χ2v) is 6.33. The summed E-state index contributed by atoms with van der Waals surface area (Å²) in [4.78, 5) is 0. The van der Waals surface area contributed by atoms with Gasteiger partial charge in [0.15, 0.2) is 11.4 Å². The first kappa shape index (κ1) is 13.6. The fraction of sp³-hybridized carbons (Fsp3) is 0.529. The summed E-state index contributed by atoms with van der Waals surface area (Å²) >= 11 is 0. The second kappa shape index (κ2) is 5.21. The first-order valence-electron chi connectivity index (χ1n) is 7.49. The van der Waals surface area contributed by atoms with Gasteiger partial charge in [0, 0.05) is 17.0 Å². The molecule has 1 heterocycles. The summed E-state index contributed by atoms with van der Waals surface area (Å²) in [5.74, 6) is 1.22. The molecular formula is C17H22FNO. The standard InChI is InChI=1S/C17H22FNO/c1-10(2)8-14-13-7-4-11(3)16(18)17(13)20-15(14)9-19-12-5-6-12/h4,7,10,12,19H,5-6,8-9H2,1-3H3. The van der Waals surface area contributed by atoms with E-state index in [1.165, 1.54) is 18.4 Å². The summed E-state index contributed by atoms with van der Waals surface area (Å²) in [6, 6.07) is 4.46. The summed E-state index contributed by atoms with van der Waals surface area (Å²) < 4.78 is 20.1. The van der Waals surface area contributed by atoms with Crippen molar-refractivity contribution in [1.82, 2.24) is 5.32 Å². The molecule has 2 aromatic rings.